The number of hydrogen-bond acceptors (Lipinski definition) is 4. The maximum Gasteiger partial charge on any atom is 0.145 e. The van der Waals surface area contributed by atoms with Crippen LogP contribution in [0, 0.1) is 0 Å². The Morgan fingerprint density at radius 3 is 1.74 bits per heavy atom. The molecule has 0 amide bonds. The highest BCUT2D eigenvalue weighted by atomic mass is 16.5. The summed E-state index contributed by atoms with van der Waals surface area (Å²) in [5.41, 5.74) is 4.86. The smallest absolute Gasteiger partial charge is 0.145 e. The van der Waals surface area contributed by atoms with Crippen LogP contribution in [0.3, 0.4) is 0 Å². The molecule has 0 saturated carbocycles. The number of hydrogen-bond donors (Lipinski definition) is 0. The van der Waals surface area contributed by atoms with Crippen LogP contribution in [0.25, 0.3) is 17.7 Å². The molecule has 4 heteroatoms. The number of benzene rings is 3. The summed E-state index contributed by atoms with van der Waals surface area (Å²) in [5.74, 6) is 3.01. The summed E-state index contributed by atoms with van der Waals surface area (Å²) in [4.78, 5) is 10.7. The van der Waals surface area contributed by atoms with Gasteiger partial charge in [-0.1, -0.05) is 30.3 Å². The summed E-state index contributed by atoms with van der Waals surface area (Å²) in [5, 5.41) is 0. The Bertz CT molecular complexity index is 1070. The highest BCUT2D eigenvalue weighted by Gasteiger charge is 2.03. The fraction of sp³-hybridized carbons (Fsp3) is 0.148. The summed E-state index contributed by atoms with van der Waals surface area (Å²) < 4.78 is 16.6. The molecule has 0 radical (unpaired) electrons. The van der Waals surface area contributed by atoms with Crippen LogP contribution in [0.4, 0.5) is 0 Å². The molecule has 0 saturated heterocycles. The Balaban J connectivity index is 1.72. The predicted molar refractivity (Wildman–Crippen MR) is 126 cm³/mol. The number of allylic oxidation sites excluding steroid dienone is 2. The van der Waals surface area contributed by atoms with Crippen LogP contribution >= 0.6 is 0 Å². The zero-order valence-corrected chi connectivity index (χ0v) is 18.2. The fourth-order valence-electron chi connectivity index (χ4n) is 3.10. The highest BCUT2D eigenvalue weighted by Crippen LogP contribution is 2.28. The number of rotatable bonds is 8. The first kappa shape index (κ1) is 21.9. The van der Waals surface area contributed by atoms with Crippen molar-refractivity contribution in [2.45, 2.75) is 13.8 Å². The minimum atomic E-state index is 0.681. The van der Waals surface area contributed by atoms with E-state index in [9.17, 15) is 4.79 Å². The van der Waals surface area contributed by atoms with Gasteiger partial charge in [-0.15, -0.1) is 0 Å². The molecule has 0 unspecified atom stereocenters. The molecule has 0 bridgehead atoms. The van der Waals surface area contributed by atoms with Gasteiger partial charge in [0.1, 0.15) is 29.3 Å². The molecule has 4 nitrogen and oxygen atoms in total. The van der Waals surface area contributed by atoms with E-state index in [-0.39, 0.29) is 0 Å². The lowest BCUT2D eigenvalue weighted by Gasteiger charge is -2.09. The molecular weight excluding hydrogens is 388 g/mol. The van der Waals surface area contributed by atoms with Crippen LogP contribution in [0.2, 0.25) is 0 Å². The van der Waals surface area contributed by atoms with Crippen LogP contribution in [-0.2, 0) is 4.79 Å². The van der Waals surface area contributed by atoms with Gasteiger partial charge in [0.15, 0.2) is 0 Å². The van der Waals surface area contributed by atoms with E-state index in [1.807, 2.05) is 72.8 Å². The standard InChI is InChI=1S/C27H26O4/c1-19(18-28)13-21-5-9-24(10-6-21)31-25-11-7-23(8-12-25)20(2)14-22-15-26(29-3)17-27(16-22)30-4/h5-18H,1-4H3/b19-13+,20-14-. The van der Waals surface area contributed by atoms with Gasteiger partial charge in [0.2, 0.25) is 0 Å². The third-order valence-corrected chi connectivity index (χ3v) is 4.76. The minimum Gasteiger partial charge on any atom is -0.497 e. The van der Waals surface area contributed by atoms with Crippen molar-refractivity contribution in [3.63, 3.8) is 0 Å². The Morgan fingerprint density at radius 2 is 1.23 bits per heavy atom. The first-order valence-electron chi connectivity index (χ1n) is 9.94. The van der Waals surface area contributed by atoms with E-state index in [4.69, 9.17) is 14.2 Å². The molecule has 3 aromatic carbocycles. The molecule has 0 aliphatic carbocycles. The number of aldehydes is 1. The van der Waals surface area contributed by atoms with Crippen LogP contribution in [-0.4, -0.2) is 20.5 Å². The molecule has 0 heterocycles. The van der Waals surface area contributed by atoms with Crippen molar-refractivity contribution in [1.29, 1.82) is 0 Å². The predicted octanol–water partition coefficient (Wildman–Crippen LogP) is 6.66. The third-order valence-electron chi connectivity index (χ3n) is 4.76. The quantitative estimate of drug-likeness (QED) is 0.235. The van der Waals surface area contributed by atoms with Crippen molar-refractivity contribution in [2.24, 2.45) is 0 Å². The molecule has 0 spiro atoms. The summed E-state index contributed by atoms with van der Waals surface area (Å²) >= 11 is 0. The van der Waals surface area contributed by atoms with E-state index in [0.29, 0.717) is 5.57 Å². The lowest BCUT2D eigenvalue weighted by atomic mass is 10.0. The van der Waals surface area contributed by atoms with E-state index < -0.39 is 0 Å². The Hall–Kier alpha value is -3.79. The first-order valence-corrected chi connectivity index (χ1v) is 9.94. The maximum absolute atomic E-state index is 10.7. The second-order valence-corrected chi connectivity index (χ2v) is 7.18. The van der Waals surface area contributed by atoms with E-state index in [2.05, 4.69) is 13.0 Å². The van der Waals surface area contributed by atoms with Crippen LogP contribution in [0.5, 0.6) is 23.0 Å². The molecule has 158 valence electrons. The maximum atomic E-state index is 10.7. The van der Waals surface area contributed by atoms with Crippen molar-refractivity contribution in [3.05, 3.63) is 89.0 Å². The molecule has 31 heavy (non-hydrogen) atoms. The molecule has 0 aliphatic heterocycles. The Labute approximate surface area is 183 Å². The van der Waals surface area contributed by atoms with E-state index in [1.165, 1.54) is 0 Å². The van der Waals surface area contributed by atoms with Crippen molar-refractivity contribution in [1.82, 2.24) is 0 Å². The first-order chi connectivity index (χ1) is 15.0. The second-order valence-electron chi connectivity index (χ2n) is 7.18. The fourth-order valence-corrected chi connectivity index (χ4v) is 3.10. The number of carbonyl (C=O) groups excluding carboxylic acids is 1. The van der Waals surface area contributed by atoms with Gasteiger partial charge in [0, 0.05) is 6.07 Å². The average molecular weight is 415 g/mol. The van der Waals surface area contributed by atoms with E-state index >= 15 is 0 Å². The largest absolute Gasteiger partial charge is 0.497 e. The summed E-state index contributed by atoms with van der Waals surface area (Å²) in [6, 6.07) is 21.4. The molecular formula is C27H26O4. The lowest BCUT2D eigenvalue weighted by molar-refractivity contribution is -0.104. The van der Waals surface area contributed by atoms with Gasteiger partial charge in [-0.3, -0.25) is 4.79 Å². The van der Waals surface area contributed by atoms with Crippen LogP contribution in [0.15, 0.2) is 72.3 Å². The SMILES string of the molecule is COc1cc(/C=C(/C)c2ccc(Oc3ccc(/C=C(\C)C=O)cc3)cc2)cc(OC)c1. The summed E-state index contributed by atoms with van der Waals surface area (Å²) in [6.07, 6.45) is 4.76. The van der Waals surface area contributed by atoms with Gasteiger partial charge < -0.3 is 14.2 Å². The van der Waals surface area contributed by atoms with E-state index in [1.54, 1.807) is 21.1 Å². The zero-order valence-electron chi connectivity index (χ0n) is 18.2. The minimum absolute atomic E-state index is 0.681. The summed E-state index contributed by atoms with van der Waals surface area (Å²) in [7, 11) is 3.29. The van der Waals surface area contributed by atoms with Gasteiger partial charge in [-0.25, -0.2) is 0 Å². The van der Waals surface area contributed by atoms with Gasteiger partial charge in [0.05, 0.1) is 14.2 Å². The van der Waals surface area contributed by atoms with Crippen molar-refractivity contribution < 1.29 is 19.0 Å². The lowest BCUT2D eigenvalue weighted by Crippen LogP contribution is -1.89. The third kappa shape index (κ3) is 6.09. The average Bonchev–Trinajstić information content (AvgIpc) is 2.80. The summed E-state index contributed by atoms with van der Waals surface area (Å²) in [6.45, 7) is 3.84. The van der Waals surface area contributed by atoms with Gasteiger partial charge in [-0.05, 0) is 84.2 Å². The number of ether oxygens (including phenoxy) is 3. The highest BCUT2D eigenvalue weighted by molar-refractivity contribution is 5.81. The number of methoxy groups -OCH3 is 2. The molecule has 0 aromatic heterocycles. The van der Waals surface area contributed by atoms with Crippen molar-refractivity contribution in [3.8, 4) is 23.0 Å². The van der Waals surface area contributed by atoms with Crippen molar-refractivity contribution in [2.75, 3.05) is 14.2 Å². The monoisotopic (exact) mass is 414 g/mol. The van der Waals surface area contributed by atoms with E-state index in [0.717, 1.165) is 51.5 Å². The second kappa shape index (κ2) is 10.3. The molecule has 3 rings (SSSR count). The zero-order chi connectivity index (χ0) is 22.2. The topological polar surface area (TPSA) is 44.8 Å². The molecule has 0 atom stereocenters. The van der Waals surface area contributed by atoms with Crippen LogP contribution < -0.4 is 14.2 Å². The Kier molecular flexibility index (Phi) is 7.28. The molecule has 3 aromatic rings. The van der Waals surface area contributed by atoms with Crippen molar-refractivity contribution >= 4 is 24.0 Å². The number of carbonyl (C=O) groups is 1. The van der Waals surface area contributed by atoms with Gasteiger partial charge in [-0.2, -0.15) is 0 Å². The van der Waals surface area contributed by atoms with Gasteiger partial charge >= 0.3 is 0 Å². The molecule has 0 fully saturated rings. The van der Waals surface area contributed by atoms with Crippen LogP contribution in [0.1, 0.15) is 30.5 Å². The molecule has 0 N–H and O–H groups in total. The Morgan fingerprint density at radius 1 is 0.677 bits per heavy atom. The van der Waals surface area contributed by atoms with Gasteiger partial charge in [0.25, 0.3) is 0 Å². The molecule has 0 aliphatic rings. The normalized spacial score (nSPS) is 11.7.